The van der Waals surface area contributed by atoms with Gasteiger partial charge in [0.05, 0.1) is 33.1 Å². The lowest BCUT2D eigenvalue weighted by Gasteiger charge is -2.12. The number of hydrogen-bond acceptors (Lipinski definition) is 9. The van der Waals surface area contributed by atoms with Gasteiger partial charge < -0.3 is 13.7 Å². The summed E-state index contributed by atoms with van der Waals surface area (Å²) in [7, 11) is 0. The van der Waals surface area contributed by atoms with Gasteiger partial charge in [0.1, 0.15) is 0 Å². The Morgan fingerprint density at radius 2 is 0.341 bits per heavy atom. The van der Waals surface area contributed by atoms with Crippen LogP contribution in [0.4, 0.5) is 0 Å². The van der Waals surface area contributed by atoms with E-state index in [2.05, 4.69) is 305 Å². The molecule has 0 unspecified atom stereocenters. The zero-order valence-corrected chi connectivity index (χ0v) is 72.9. The van der Waals surface area contributed by atoms with Gasteiger partial charge in [-0.1, -0.05) is 346 Å². The molecule has 27 aromatic rings. The Labute approximate surface area is 776 Å². The maximum atomic E-state index is 4.94. The predicted octanol–water partition coefficient (Wildman–Crippen LogP) is 30.8. The van der Waals surface area contributed by atoms with Gasteiger partial charge in [-0.2, -0.15) is 0 Å². The van der Waals surface area contributed by atoms with E-state index in [9.17, 15) is 0 Å². The Bertz CT molecular complexity index is 8750. The number of hydrogen-bond donors (Lipinski definition) is 0. The molecule has 0 fully saturated rings. The largest absolute Gasteiger partial charge is 0.309 e. The van der Waals surface area contributed by atoms with E-state index in [1.165, 1.54) is 130 Å². The van der Waals surface area contributed by atoms with Crippen molar-refractivity contribution in [2.24, 2.45) is 0 Å². The highest BCUT2D eigenvalue weighted by atomic mass is 15.1. The summed E-state index contributed by atoms with van der Waals surface area (Å²) in [6.07, 6.45) is 0. The number of benzene rings is 21. The Morgan fingerprint density at radius 3 is 0.659 bits per heavy atom. The van der Waals surface area contributed by atoms with Gasteiger partial charge in [0.25, 0.3) is 0 Å². The highest BCUT2D eigenvalue weighted by molar-refractivity contribution is 6.24. The van der Waals surface area contributed by atoms with E-state index in [-0.39, 0.29) is 0 Å². The normalized spacial score (nSPS) is 11.6. The van der Waals surface area contributed by atoms with Crippen LogP contribution in [0.1, 0.15) is 0 Å². The Kier molecular flexibility index (Phi) is 19.6. The Balaban J connectivity index is 0.000000108. The molecule has 12 nitrogen and oxygen atoms in total. The topological polar surface area (TPSA) is 131 Å². The second-order valence-corrected chi connectivity index (χ2v) is 34.0. The Hall–Kier alpha value is -18.4. The van der Waals surface area contributed by atoms with Gasteiger partial charge in [0.15, 0.2) is 52.4 Å². The molecule has 0 bridgehead atoms. The maximum Gasteiger partial charge on any atom is 0.164 e. The second-order valence-electron chi connectivity index (χ2n) is 34.0. The molecule has 0 aliphatic heterocycles. The molecule has 6 heterocycles. The van der Waals surface area contributed by atoms with Gasteiger partial charge in [0, 0.05) is 105 Å². The van der Waals surface area contributed by atoms with Crippen LogP contribution in [-0.2, 0) is 0 Å². The average molecular weight is 1720 g/mol. The van der Waals surface area contributed by atoms with Crippen LogP contribution in [0, 0.1) is 0 Å². The van der Waals surface area contributed by atoms with Crippen molar-refractivity contribution in [2.75, 3.05) is 0 Å². The van der Waals surface area contributed by atoms with Gasteiger partial charge >= 0.3 is 0 Å². The molecular weight excluding hydrogens is 1650 g/mol. The van der Waals surface area contributed by atoms with Crippen molar-refractivity contribution in [1.29, 1.82) is 0 Å². The minimum absolute atomic E-state index is 0.646. The zero-order valence-electron chi connectivity index (χ0n) is 72.9. The van der Waals surface area contributed by atoms with Crippen molar-refractivity contribution in [3.8, 4) is 120 Å². The van der Waals surface area contributed by atoms with Crippen molar-refractivity contribution < 1.29 is 0 Å². The van der Waals surface area contributed by atoms with Gasteiger partial charge in [-0.25, -0.2) is 44.9 Å². The number of rotatable bonds is 12. The molecule has 0 saturated carbocycles. The molecule has 0 radical (unpaired) electrons. The van der Waals surface area contributed by atoms with E-state index >= 15 is 0 Å². The Morgan fingerprint density at radius 1 is 0.126 bits per heavy atom. The fraction of sp³-hybridized carbons (Fsp3) is 0. The number of fused-ring (bicyclic) bond motifs is 17. The number of nitrogens with zero attached hydrogens (tertiary/aromatic N) is 12. The molecule has 135 heavy (non-hydrogen) atoms. The average Bonchev–Trinajstić information content (AvgIpc) is 1.58. The molecule has 0 spiro atoms. The molecule has 630 valence electrons. The van der Waals surface area contributed by atoms with Gasteiger partial charge in [-0.15, -0.1) is 0 Å². The SMILES string of the molecule is c1ccc(-c2nc(-c3ccccc3)nc(-c3ccc(-n4c5cc6ccccc6cc5c5c6ccccc6ccc54)cc3)n2)cc1.c1ccc(-c2nc(-c3ccccc3)nc(-c3ccc(-n4c5cc6ccccc6cc5c5cc6ccccc6cc54)cc3)n2)cc1.c1ccc(-c2nc(-c3ccccc3)nc(-c3ccc(-n4c5cc6ccccc6cc5c5ccc6ccccc6c54)cc3)n2)cc1. The third kappa shape index (κ3) is 14.6. The highest BCUT2D eigenvalue weighted by Crippen LogP contribution is 2.44. The van der Waals surface area contributed by atoms with E-state index in [0.29, 0.717) is 52.4 Å². The summed E-state index contributed by atoms with van der Waals surface area (Å²) in [5.41, 5.74) is 19.0. The van der Waals surface area contributed by atoms with Crippen LogP contribution in [-0.4, -0.2) is 58.6 Å². The van der Waals surface area contributed by atoms with Crippen LogP contribution in [0.2, 0.25) is 0 Å². The first kappa shape index (κ1) is 78.8. The molecule has 21 aromatic carbocycles. The maximum absolute atomic E-state index is 4.94. The van der Waals surface area contributed by atoms with Crippen molar-refractivity contribution in [3.05, 3.63) is 473 Å². The monoisotopic (exact) mass is 1720 g/mol. The summed E-state index contributed by atoms with van der Waals surface area (Å²) < 4.78 is 7.17. The molecule has 0 saturated heterocycles. The third-order valence-corrected chi connectivity index (χ3v) is 25.8. The first-order valence-electron chi connectivity index (χ1n) is 45.4. The van der Waals surface area contributed by atoms with Gasteiger partial charge in [-0.3, -0.25) is 0 Å². The lowest BCUT2D eigenvalue weighted by Crippen LogP contribution is -2.00. The van der Waals surface area contributed by atoms with Crippen molar-refractivity contribution in [3.63, 3.8) is 0 Å². The first-order valence-corrected chi connectivity index (χ1v) is 45.4. The van der Waals surface area contributed by atoms with Crippen LogP contribution < -0.4 is 0 Å². The van der Waals surface area contributed by atoms with E-state index < -0.39 is 0 Å². The standard InChI is InChI=1S/3C41H26N4/c1-3-11-27(12-4-1)39-42-40(28-13-5-2-6-14-28)44-41(43-39)29-19-21-34(22-20-29)45-37-25-32-17-9-7-15-30(32)23-35(37)36-24-31-16-8-10-18-33(31)26-38(36)45;1-3-12-28(13-4-1)39-42-40(29-14-5-2-6-15-29)44-41(43-39)30-19-22-33(23-20-30)45-36-24-21-27-11-9-10-18-34(27)38(36)35-25-31-16-7-8-17-32(31)26-37(35)45;1-3-12-28(13-4-1)39-42-40(29-14-5-2-6-15-29)44-41(43-39)30-19-22-33(23-20-30)45-37-26-32-17-8-7-16-31(32)25-36(37)35-24-21-27-11-9-10-18-34(27)38(35)45/h3*1-26H. The molecule has 0 amide bonds. The van der Waals surface area contributed by atoms with E-state index in [0.717, 1.165) is 67.1 Å². The summed E-state index contributed by atoms with van der Waals surface area (Å²) >= 11 is 0. The molecule has 6 aromatic heterocycles. The molecule has 12 heteroatoms. The van der Waals surface area contributed by atoms with Crippen LogP contribution in [0.5, 0.6) is 0 Å². The van der Waals surface area contributed by atoms with Crippen molar-refractivity contribution in [1.82, 2.24) is 58.6 Å². The molecular formula is C123H78N12. The van der Waals surface area contributed by atoms with Crippen LogP contribution in [0.25, 0.3) is 250 Å². The summed E-state index contributed by atoms with van der Waals surface area (Å²) in [4.78, 5) is 44.2. The predicted molar refractivity (Wildman–Crippen MR) is 556 cm³/mol. The van der Waals surface area contributed by atoms with Crippen molar-refractivity contribution >= 4 is 130 Å². The molecule has 0 aliphatic carbocycles. The summed E-state index contributed by atoms with van der Waals surface area (Å²) in [5, 5.41) is 22.3. The zero-order chi connectivity index (χ0) is 89.2. The lowest BCUT2D eigenvalue weighted by atomic mass is 10.0. The van der Waals surface area contributed by atoms with E-state index in [4.69, 9.17) is 44.9 Å². The fourth-order valence-electron chi connectivity index (χ4n) is 19.2. The van der Waals surface area contributed by atoms with Crippen LogP contribution in [0.3, 0.4) is 0 Å². The summed E-state index contributed by atoms with van der Waals surface area (Å²) in [6.45, 7) is 0. The van der Waals surface area contributed by atoms with Crippen LogP contribution in [0.15, 0.2) is 473 Å². The minimum Gasteiger partial charge on any atom is -0.309 e. The minimum atomic E-state index is 0.646. The van der Waals surface area contributed by atoms with E-state index in [1.54, 1.807) is 0 Å². The lowest BCUT2D eigenvalue weighted by molar-refractivity contribution is 1.07. The quantitative estimate of drug-likeness (QED) is 0.117. The molecule has 27 rings (SSSR count). The van der Waals surface area contributed by atoms with Gasteiger partial charge in [-0.05, 0) is 187 Å². The van der Waals surface area contributed by atoms with Gasteiger partial charge in [0.2, 0.25) is 0 Å². The second kappa shape index (κ2) is 33.6. The molecule has 0 N–H and O–H groups in total. The highest BCUT2D eigenvalue weighted by Gasteiger charge is 2.24. The first-order chi connectivity index (χ1) is 66.9. The fourth-order valence-corrected chi connectivity index (χ4v) is 19.2. The summed E-state index contributed by atoms with van der Waals surface area (Å²) in [6, 6.07) is 166. The van der Waals surface area contributed by atoms with Crippen LogP contribution >= 0.6 is 0 Å². The van der Waals surface area contributed by atoms with E-state index in [1.807, 2.05) is 182 Å². The third-order valence-electron chi connectivity index (χ3n) is 25.8. The smallest absolute Gasteiger partial charge is 0.164 e. The van der Waals surface area contributed by atoms with Crippen molar-refractivity contribution in [2.45, 2.75) is 0 Å². The summed E-state index contributed by atoms with van der Waals surface area (Å²) in [5.74, 6) is 5.88. The molecule has 0 atom stereocenters. The number of aromatic nitrogens is 12. The molecule has 0 aliphatic rings.